The van der Waals surface area contributed by atoms with Gasteiger partial charge in [0.25, 0.3) is 5.91 Å². The zero-order valence-corrected chi connectivity index (χ0v) is 20.4. The van der Waals surface area contributed by atoms with Gasteiger partial charge in [0, 0.05) is 43.8 Å². The molecule has 2 aliphatic heterocycles. The van der Waals surface area contributed by atoms with Crippen LogP contribution in [-0.4, -0.2) is 63.1 Å². The molecule has 0 unspecified atom stereocenters. The highest BCUT2D eigenvalue weighted by Crippen LogP contribution is 2.25. The van der Waals surface area contributed by atoms with E-state index in [1.54, 1.807) is 48.8 Å². The molecule has 2 N–H and O–H groups in total. The monoisotopic (exact) mass is 495 g/mol. The fourth-order valence-electron chi connectivity index (χ4n) is 4.71. The third-order valence-electron chi connectivity index (χ3n) is 6.69. The number of hydrogen-bond donors (Lipinski definition) is 2. The van der Waals surface area contributed by atoms with E-state index in [4.69, 9.17) is 4.74 Å². The van der Waals surface area contributed by atoms with Gasteiger partial charge in [-0.2, -0.15) is 4.72 Å². The molecule has 2 fully saturated rings. The number of piperidine rings is 1. The lowest BCUT2D eigenvalue weighted by molar-refractivity contribution is -0.132. The topological polar surface area (TPSA) is 104 Å². The number of rotatable bonds is 7. The van der Waals surface area contributed by atoms with E-state index in [0.29, 0.717) is 18.7 Å². The number of amides is 1. The summed E-state index contributed by atoms with van der Waals surface area (Å²) >= 11 is 0. The highest BCUT2D eigenvalue weighted by molar-refractivity contribution is 7.89. The van der Waals surface area contributed by atoms with Crippen molar-refractivity contribution in [3.05, 3.63) is 60.9 Å². The summed E-state index contributed by atoms with van der Waals surface area (Å²) in [6.07, 6.45) is 5.78. The number of aromatic nitrogens is 1. The molecule has 1 aromatic heterocycles. The van der Waals surface area contributed by atoms with Gasteiger partial charge in [0.1, 0.15) is 11.8 Å². The van der Waals surface area contributed by atoms with Crippen molar-refractivity contribution in [2.24, 2.45) is 0 Å². The predicted octanol–water partition coefficient (Wildman–Crippen LogP) is 2.30. The molecule has 2 aromatic carbocycles. The van der Waals surface area contributed by atoms with Crippen molar-refractivity contribution in [2.45, 2.75) is 36.2 Å². The lowest BCUT2D eigenvalue weighted by Crippen LogP contribution is -2.52. The Morgan fingerprint density at radius 3 is 2.43 bits per heavy atom. The number of pyridine rings is 1. The van der Waals surface area contributed by atoms with Crippen LogP contribution in [0, 0.1) is 0 Å². The molecule has 184 valence electrons. The minimum absolute atomic E-state index is 0.126. The number of methoxy groups -OCH3 is 1. The number of anilines is 1. The van der Waals surface area contributed by atoms with Crippen molar-refractivity contribution in [3.63, 3.8) is 0 Å². The largest absolute Gasteiger partial charge is 0.497 e. The molecule has 1 amide bonds. The summed E-state index contributed by atoms with van der Waals surface area (Å²) in [6, 6.07) is 13.8. The molecule has 35 heavy (non-hydrogen) atoms. The molecule has 5 rings (SSSR count). The third kappa shape index (κ3) is 5.09. The van der Waals surface area contributed by atoms with Crippen LogP contribution in [0.2, 0.25) is 0 Å². The molecular formula is C25H29N5O4S. The molecule has 2 aliphatic rings. The number of hydrazine groups is 1. The van der Waals surface area contributed by atoms with E-state index in [1.165, 1.54) is 0 Å². The Labute approximate surface area is 205 Å². The molecule has 0 aliphatic carbocycles. The third-order valence-corrected chi connectivity index (χ3v) is 8.16. The first-order chi connectivity index (χ1) is 16.9. The number of carbonyl (C=O) groups excluding carboxylic acids is 1. The lowest BCUT2D eigenvalue weighted by Gasteiger charge is -2.35. The van der Waals surface area contributed by atoms with Gasteiger partial charge in [-0.05, 0) is 66.4 Å². The SMILES string of the molecule is COc1ccc2ccc(S(=O)(=O)N[C@H]3CCN(NC4CCN(c5ccncc5)CC4)C3=O)cc2c1. The molecule has 0 spiro atoms. The van der Waals surface area contributed by atoms with E-state index in [-0.39, 0.29) is 16.8 Å². The van der Waals surface area contributed by atoms with Crippen molar-refractivity contribution in [3.8, 4) is 5.75 Å². The van der Waals surface area contributed by atoms with E-state index >= 15 is 0 Å². The van der Waals surface area contributed by atoms with Gasteiger partial charge in [-0.25, -0.2) is 13.8 Å². The van der Waals surface area contributed by atoms with E-state index in [0.717, 1.165) is 42.4 Å². The van der Waals surface area contributed by atoms with Gasteiger partial charge in [0.05, 0.1) is 12.0 Å². The second-order valence-corrected chi connectivity index (χ2v) is 10.6. The summed E-state index contributed by atoms with van der Waals surface area (Å²) in [5.41, 5.74) is 4.48. The van der Waals surface area contributed by atoms with Crippen molar-refractivity contribution in [1.29, 1.82) is 0 Å². The van der Waals surface area contributed by atoms with Gasteiger partial charge < -0.3 is 9.64 Å². The Balaban J connectivity index is 1.19. The first-order valence-corrected chi connectivity index (χ1v) is 13.2. The van der Waals surface area contributed by atoms with Gasteiger partial charge in [-0.15, -0.1) is 0 Å². The van der Waals surface area contributed by atoms with Gasteiger partial charge in [-0.3, -0.25) is 14.8 Å². The Kier molecular flexibility index (Phi) is 6.59. The smallest absolute Gasteiger partial charge is 0.254 e. The Morgan fingerprint density at radius 1 is 0.943 bits per heavy atom. The van der Waals surface area contributed by atoms with E-state index in [2.05, 4.69) is 20.0 Å². The number of nitrogens with one attached hydrogen (secondary N) is 2. The van der Waals surface area contributed by atoms with Crippen molar-refractivity contribution < 1.29 is 17.9 Å². The quantitative estimate of drug-likeness (QED) is 0.518. The summed E-state index contributed by atoms with van der Waals surface area (Å²) in [5.74, 6) is 0.409. The van der Waals surface area contributed by atoms with Crippen molar-refractivity contribution in [1.82, 2.24) is 20.1 Å². The van der Waals surface area contributed by atoms with Crippen LogP contribution in [0.25, 0.3) is 10.8 Å². The number of nitrogens with zero attached hydrogens (tertiary/aromatic N) is 3. The van der Waals surface area contributed by atoms with Crippen LogP contribution in [-0.2, 0) is 14.8 Å². The van der Waals surface area contributed by atoms with Crippen LogP contribution >= 0.6 is 0 Å². The molecule has 9 nitrogen and oxygen atoms in total. The maximum atomic E-state index is 13.1. The molecule has 3 aromatic rings. The zero-order chi connectivity index (χ0) is 24.4. The maximum Gasteiger partial charge on any atom is 0.254 e. The van der Waals surface area contributed by atoms with E-state index in [9.17, 15) is 13.2 Å². The van der Waals surface area contributed by atoms with Crippen LogP contribution in [0.3, 0.4) is 0 Å². The van der Waals surface area contributed by atoms with E-state index < -0.39 is 16.1 Å². The molecular weight excluding hydrogens is 466 g/mol. The van der Waals surface area contributed by atoms with Crippen LogP contribution in [0.4, 0.5) is 5.69 Å². The summed E-state index contributed by atoms with van der Waals surface area (Å²) in [4.78, 5) is 19.5. The number of hydrogen-bond acceptors (Lipinski definition) is 7. The summed E-state index contributed by atoms with van der Waals surface area (Å²) in [6.45, 7) is 2.23. The highest BCUT2D eigenvalue weighted by Gasteiger charge is 2.36. The Bertz CT molecular complexity index is 1310. The molecule has 0 saturated carbocycles. The maximum absolute atomic E-state index is 13.1. The average Bonchev–Trinajstić information content (AvgIpc) is 3.22. The molecule has 10 heteroatoms. The van der Waals surface area contributed by atoms with Crippen LogP contribution in [0.5, 0.6) is 5.75 Å². The van der Waals surface area contributed by atoms with E-state index in [1.807, 2.05) is 24.3 Å². The highest BCUT2D eigenvalue weighted by atomic mass is 32.2. The Hall–Kier alpha value is -3.21. The predicted molar refractivity (Wildman–Crippen MR) is 134 cm³/mol. The second kappa shape index (κ2) is 9.80. The normalized spacial score (nSPS) is 19.5. The van der Waals surface area contributed by atoms with Crippen molar-refractivity contribution in [2.75, 3.05) is 31.6 Å². The lowest BCUT2D eigenvalue weighted by atomic mass is 10.1. The average molecular weight is 496 g/mol. The number of sulfonamides is 1. The van der Waals surface area contributed by atoms with Crippen LogP contribution in [0.1, 0.15) is 19.3 Å². The number of ether oxygens (including phenoxy) is 1. The van der Waals surface area contributed by atoms with Gasteiger partial charge in [0.2, 0.25) is 10.0 Å². The summed E-state index contributed by atoms with van der Waals surface area (Å²) in [5, 5.41) is 3.24. The van der Waals surface area contributed by atoms with Crippen LogP contribution < -0.4 is 19.8 Å². The fraction of sp³-hybridized carbons (Fsp3) is 0.360. The minimum Gasteiger partial charge on any atom is -0.497 e. The van der Waals surface area contributed by atoms with Crippen molar-refractivity contribution >= 4 is 32.4 Å². The molecule has 0 bridgehead atoms. The van der Waals surface area contributed by atoms with Gasteiger partial charge in [-0.1, -0.05) is 12.1 Å². The van der Waals surface area contributed by atoms with Gasteiger partial charge >= 0.3 is 0 Å². The summed E-state index contributed by atoms with van der Waals surface area (Å²) in [7, 11) is -2.29. The molecule has 1 atom stereocenters. The standard InChI is InChI=1S/C25H29N5O4S/c1-34-22-4-2-18-3-5-23(17-19(18)16-22)35(32,33)28-24-10-15-30(25(24)31)27-20-8-13-29(14-9-20)21-6-11-26-12-7-21/h2-7,11-12,16-17,20,24,27-28H,8-10,13-15H2,1H3/t24-/m0/s1. The first-order valence-electron chi connectivity index (χ1n) is 11.8. The second-order valence-electron chi connectivity index (χ2n) is 8.92. The molecule has 2 saturated heterocycles. The number of fused-ring (bicyclic) bond motifs is 1. The minimum atomic E-state index is -3.86. The van der Waals surface area contributed by atoms with Crippen LogP contribution in [0.15, 0.2) is 65.8 Å². The molecule has 0 radical (unpaired) electrons. The first kappa shape index (κ1) is 23.5. The number of benzene rings is 2. The summed E-state index contributed by atoms with van der Waals surface area (Å²) < 4.78 is 34.0. The molecule has 3 heterocycles. The number of carbonyl (C=O) groups is 1. The van der Waals surface area contributed by atoms with Gasteiger partial charge in [0.15, 0.2) is 0 Å². The fourth-order valence-corrected chi connectivity index (χ4v) is 5.97. The Morgan fingerprint density at radius 2 is 1.69 bits per heavy atom. The zero-order valence-electron chi connectivity index (χ0n) is 19.6.